The van der Waals surface area contributed by atoms with Gasteiger partial charge in [0.1, 0.15) is 0 Å². The fourth-order valence-corrected chi connectivity index (χ4v) is 2.61. The molecule has 2 heterocycles. The number of oxazole rings is 1. The van der Waals surface area contributed by atoms with E-state index in [0.29, 0.717) is 27.6 Å². The Labute approximate surface area is 129 Å². The molecule has 0 unspecified atom stereocenters. The highest BCUT2D eigenvalue weighted by molar-refractivity contribution is 7.98. The lowest BCUT2D eigenvalue weighted by Crippen LogP contribution is -2.12. The number of aromatic nitrogens is 4. The van der Waals surface area contributed by atoms with Gasteiger partial charge in [0, 0.05) is 17.6 Å². The molecule has 0 atom stereocenters. The summed E-state index contributed by atoms with van der Waals surface area (Å²) in [6, 6.07) is 7.34. The van der Waals surface area contributed by atoms with Crippen LogP contribution in [0.4, 0.5) is 0 Å². The molecule has 0 bridgehead atoms. The zero-order valence-corrected chi connectivity index (χ0v) is 12.6. The highest BCUT2D eigenvalue weighted by Gasteiger charge is 2.10. The first-order valence-corrected chi connectivity index (χ1v) is 7.44. The van der Waals surface area contributed by atoms with E-state index in [-0.39, 0.29) is 5.69 Å². The largest absolute Gasteiger partial charge is 0.440 e. The van der Waals surface area contributed by atoms with Gasteiger partial charge in [-0.2, -0.15) is 0 Å². The predicted molar refractivity (Wildman–Crippen MR) is 80.3 cm³/mol. The molecular formula is C13H11ClN4O2S. The molecule has 3 aromatic rings. The van der Waals surface area contributed by atoms with Crippen LogP contribution in [0, 0.1) is 0 Å². The Kier molecular flexibility index (Phi) is 3.85. The molecule has 0 saturated heterocycles. The van der Waals surface area contributed by atoms with Crippen molar-refractivity contribution in [2.24, 2.45) is 7.05 Å². The molecule has 0 fully saturated rings. The van der Waals surface area contributed by atoms with E-state index in [1.54, 1.807) is 25.4 Å². The average molecular weight is 323 g/mol. The van der Waals surface area contributed by atoms with Crippen LogP contribution in [0.2, 0.25) is 5.02 Å². The maximum absolute atomic E-state index is 11.2. The molecule has 0 radical (unpaired) electrons. The fourth-order valence-electron chi connectivity index (χ4n) is 1.71. The van der Waals surface area contributed by atoms with Crippen molar-refractivity contribution in [3.05, 3.63) is 51.9 Å². The summed E-state index contributed by atoms with van der Waals surface area (Å²) in [4.78, 5) is 15.5. The van der Waals surface area contributed by atoms with E-state index in [1.807, 2.05) is 12.1 Å². The molecule has 1 N–H and O–H groups in total. The summed E-state index contributed by atoms with van der Waals surface area (Å²) in [5, 5.41) is 7.56. The van der Waals surface area contributed by atoms with Crippen molar-refractivity contribution < 1.29 is 4.42 Å². The quantitative estimate of drug-likeness (QED) is 0.747. The van der Waals surface area contributed by atoms with E-state index in [0.717, 1.165) is 5.56 Å². The average Bonchev–Trinajstić information content (AvgIpc) is 3.07. The Hall–Kier alpha value is -1.99. The first-order valence-electron chi connectivity index (χ1n) is 6.08. The van der Waals surface area contributed by atoms with Crippen molar-refractivity contribution in [3.8, 4) is 11.3 Å². The molecule has 0 spiro atoms. The van der Waals surface area contributed by atoms with Gasteiger partial charge in [-0.15, -0.1) is 5.10 Å². The molecule has 8 heteroatoms. The Morgan fingerprint density at radius 1 is 1.38 bits per heavy atom. The number of rotatable bonds is 4. The van der Waals surface area contributed by atoms with Crippen LogP contribution in [0.5, 0.6) is 0 Å². The predicted octanol–water partition coefficient (Wildman–Crippen LogP) is 2.71. The molecule has 0 amide bonds. The van der Waals surface area contributed by atoms with Crippen LogP contribution in [-0.4, -0.2) is 19.7 Å². The second-order valence-electron chi connectivity index (χ2n) is 4.28. The minimum absolute atomic E-state index is 0.244. The topological polar surface area (TPSA) is 76.7 Å². The van der Waals surface area contributed by atoms with Crippen molar-refractivity contribution in [3.63, 3.8) is 0 Å². The highest BCUT2D eigenvalue weighted by Crippen LogP contribution is 2.25. The smallest absolute Gasteiger partial charge is 0.343 e. The maximum Gasteiger partial charge on any atom is 0.343 e. The van der Waals surface area contributed by atoms with Crippen molar-refractivity contribution in [2.45, 2.75) is 10.9 Å². The Morgan fingerprint density at radius 2 is 2.14 bits per heavy atom. The molecule has 1 aromatic carbocycles. The molecular weight excluding hydrogens is 312 g/mol. The number of thioether (sulfide) groups is 1. The molecule has 3 rings (SSSR count). The van der Waals surface area contributed by atoms with Gasteiger partial charge in [-0.1, -0.05) is 23.4 Å². The number of nitrogens with zero attached hydrogens (tertiary/aromatic N) is 3. The number of aromatic amines is 1. The summed E-state index contributed by atoms with van der Waals surface area (Å²) in [6.45, 7) is 0. The molecule has 6 nitrogen and oxygen atoms in total. The Balaban J connectivity index is 1.72. The minimum Gasteiger partial charge on any atom is -0.440 e. The van der Waals surface area contributed by atoms with Crippen LogP contribution in [-0.2, 0) is 12.8 Å². The molecule has 21 heavy (non-hydrogen) atoms. The van der Waals surface area contributed by atoms with Gasteiger partial charge in [0.05, 0.1) is 11.9 Å². The summed E-state index contributed by atoms with van der Waals surface area (Å²) in [5.74, 6) is 1.74. The van der Waals surface area contributed by atoms with Crippen LogP contribution in [0.15, 0.2) is 44.8 Å². The van der Waals surface area contributed by atoms with Crippen molar-refractivity contribution in [1.29, 1.82) is 0 Å². The summed E-state index contributed by atoms with van der Waals surface area (Å²) in [7, 11) is 1.66. The van der Waals surface area contributed by atoms with E-state index < -0.39 is 0 Å². The molecule has 0 aliphatic carbocycles. The number of hydrogen-bond acceptors (Lipinski definition) is 5. The van der Waals surface area contributed by atoms with E-state index in [4.69, 9.17) is 16.0 Å². The van der Waals surface area contributed by atoms with E-state index in [1.165, 1.54) is 16.3 Å². The van der Waals surface area contributed by atoms with Gasteiger partial charge >= 0.3 is 5.69 Å². The van der Waals surface area contributed by atoms with Crippen molar-refractivity contribution in [2.75, 3.05) is 0 Å². The van der Waals surface area contributed by atoms with Crippen molar-refractivity contribution >= 4 is 23.4 Å². The highest BCUT2D eigenvalue weighted by atomic mass is 35.5. The second-order valence-corrected chi connectivity index (χ2v) is 5.66. The standard InChI is InChI=1S/C13H11ClN4O2S/c1-18-12(19)16-17-13(18)21-7-11-15-6-10(20-11)8-2-4-9(14)5-3-8/h2-6H,7H2,1H3,(H,16,19). The third-order valence-electron chi connectivity index (χ3n) is 2.85. The van der Waals surface area contributed by atoms with Crippen LogP contribution in [0.3, 0.4) is 0 Å². The third-order valence-corrected chi connectivity index (χ3v) is 4.11. The second kappa shape index (κ2) is 5.79. The lowest BCUT2D eigenvalue weighted by molar-refractivity contribution is 0.529. The minimum atomic E-state index is -0.244. The summed E-state index contributed by atoms with van der Waals surface area (Å²) < 4.78 is 7.12. The van der Waals surface area contributed by atoms with E-state index >= 15 is 0 Å². The van der Waals surface area contributed by atoms with Gasteiger partial charge in [0.25, 0.3) is 0 Å². The lowest BCUT2D eigenvalue weighted by atomic mass is 10.2. The number of nitrogens with one attached hydrogen (secondary N) is 1. The Bertz CT molecular complexity index is 806. The van der Waals surface area contributed by atoms with E-state index in [9.17, 15) is 4.79 Å². The maximum atomic E-state index is 11.2. The van der Waals surface area contributed by atoms with Gasteiger partial charge in [0.2, 0.25) is 5.89 Å². The molecule has 0 aliphatic rings. The number of hydrogen-bond donors (Lipinski definition) is 1. The van der Waals surface area contributed by atoms with Crippen LogP contribution in [0.25, 0.3) is 11.3 Å². The first kappa shape index (κ1) is 14.0. The lowest BCUT2D eigenvalue weighted by Gasteiger charge is -1.97. The van der Waals surface area contributed by atoms with Gasteiger partial charge in [-0.3, -0.25) is 4.57 Å². The summed E-state index contributed by atoms with van der Waals surface area (Å²) >= 11 is 7.23. The number of H-pyrrole nitrogens is 1. The number of halogens is 1. The van der Waals surface area contributed by atoms with Crippen LogP contribution in [0.1, 0.15) is 5.89 Å². The van der Waals surface area contributed by atoms with Gasteiger partial charge in [0.15, 0.2) is 10.9 Å². The normalized spacial score (nSPS) is 11.0. The molecule has 2 aromatic heterocycles. The zero-order valence-electron chi connectivity index (χ0n) is 11.0. The van der Waals surface area contributed by atoms with Crippen LogP contribution < -0.4 is 5.69 Å². The number of benzene rings is 1. The summed E-state index contributed by atoms with van der Waals surface area (Å²) in [6.07, 6.45) is 1.67. The van der Waals surface area contributed by atoms with Gasteiger partial charge < -0.3 is 4.42 Å². The molecule has 0 aliphatic heterocycles. The molecule has 0 saturated carbocycles. The SMILES string of the molecule is Cn1c(SCc2ncc(-c3ccc(Cl)cc3)o2)n[nH]c1=O. The van der Waals surface area contributed by atoms with Gasteiger partial charge in [-0.25, -0.2) is 14.9 Å². The van der Waals surface area contributed by atoms with Crippen molar-refractivity contribution in [1.82, 2.24) is 19.7 Å². The molecule has 108 valence electrons. The van der Waals surface area contributed by atoms with Gasteiger partial charge in [-0.05, 0) is 24.3 Å². The summed E-state index contributed by atoms with van der Waals surface area (Å²) in [5.41, 5.74) is 0.669. The Morgan fingerprint density at radius 3 is 2.81 bits per heavy atom. The van der Waals surface area contributed by atoms with Crippen LogP contribution >= 0.6 is 23.4 Å². The van der Waals surface area contributed by atoms with E-state index in [2.05, 4.69) is 15.2 Å². The first-order chi connectivity index (χ1) is 10.1. The fraction of sp³-hybridized carbons (Fsp3) is 0.154. The monoisotopic (exact) mass is 322 g/mol. The zero-order chi connectivity index (χ0) is 14.8. The third kappa shape index (κ3) is 3.03.